The Bertz CT molecular complexity index is 315. The summed E-state index contributed by atoms with van der Waals surface area (Å²) in [5, 5.41) is 9.65. The van der Waals surface area contributed by atoms with E-state index in [1.54, 1.807) is 0 Å². The molecule has 7 unspecified atom stereocenters. The number of ether oxygens (including phenoxy) is 2. The van der Waals surface area contributed by atoms with Crippen molar-refractivity contribution in [2.45, 2.75) is 31.3 Å². The van der Waals surface area contributed by atoms with Gasteiger partial charge in [-0.25, -0.2) is 0 Å². The molecule has 0 spiro atoms. The number of esters is 1. The van der Waals surface area contributed by atoms with Gasteiger partial charge in [0.15, 0.2) is 0 Å². The lowest BCUT2D eigenvalue weighted by Crippen LogP contribution is -2.47. The van der Waals surface area contributed by atoms with Crippen LogP contribution < -0.4 is 0 Å². The topological polar surface area (TPSA) is 59.1 Å². The fourth-order valence-electron chi connectivity index (χ4n) is 3.88. The molecular weight excluding hydrogens is 184 g/mol. The first-order chi connectivity index (χ1) is 6.77. The van der Waals surface area contributed by atoms with Crippen LogP contribution in [0.2, 0.25) is 0 Å². The van der Waals surface area contributed by atoms with Crippen LogP contribution in [0.15, 0.2) is 0 Å². The maximum atomic E-state index is 11.5. The second-order valence-electron chi connectivity index (χ2n) is 4.90. The summed E-state index contributed by atoms with van der Waals surface area (Å²) in [4.78, 5) is 11.5. The minimum Gasteiger partial charge on any atom is -0.435 e. The molecule has 3 aliphatic carbocycles. The first-order valence-corrected chi connectivity index (χ1v) is 5.31. The number of aliphatic hydroxyl groups excluding tert-OH is 1. The van der Waals surface area contributed by atoms with Crippen LogP contribution in [-0.2, 0) is 14.3 Å². The van der Waals surface area contributed by atoms with Gasteiger partial charge in [-0.1, -0.05) is 0 Å². The van der Waals surface area contributed by atoms with Crippen LogP contribution in [-0.4, -0.2) is 29.6 Å². The first kappa shape index (κ1) is 7.65. The molecule has 0 aromatic heterocycles. The number of hydrogen-bond acceptors (Lipinski definition) is 4. The molecule has 4 nitrogen and oxygen atoms in total. The fraction of sp³-hybridized carbons (Fsp3) is 0.900. The van der Waals surface area contributed by atoms with Gasteiger partial charge in [-0.2, -0.15) is 0 Å². The number of aliphatic hydroxyl groups is 1. The molecule has 7 atom stereocenters. The zero-order chi connectivity index (χ0) is 9.45. The lowest BCUT2D eigenvalue weighted by molar-refractivity contribution is -0.158. The minimum absolute atomic E-state index is 0.0185. The summed E-state index contributed by atoms with van der Waals surface area (Å²) in [7, 11) is 0. The average molecular weight is 196 g/mol. The Morgan fingerprint density at radius 1 is 1.21 bits per heavy atom. The van der Waals surface area contributed by atoms with Gasteiger partial charge in [0, 0.05) is 11.8 Å². The van der Waals surface area contributed by atoms with E-state index in [0.717, 1.165) is 12.8 Å². The standard InChI is InChI=1S/C10H12O4/c11-9-5-3-1-2-4(8-7(3)13-8)6(5)10(12)14-9/h3-9,11H,1-2H2. The molecular formula is C10H12O4. The van der Waals surface area contributed by atoms with Gasteiger partial charge in [-0.15, -0.1) is 0 Å². The number of carbonyl (C=O) groups excluding carboxylic acids is 1. The summed E-state index contributed by atoms with van der Waals surface area (Å²) in [5.74, 6) is 0.416. The number of fused-ring (bicyclic) bond motifs is 1. The van der Waals surface area contributed by atoms with Crippen molar-refractivity contribution in [3.63, 3.8) is 0 Å². The molecule has 5 aliphatic rings. The minimum atomic E-state index is -0.870. The first-order valence-electron chi connectivity index (χ1n) is 5.31. The molecule has 76 valence electrons. The molecule has 5 rings (SSSR count). The van der Waals surface area contributed by atoms with E-state index in [-0.39, 0.29) is 17.8 Å². The Hall–Kier alpha value is -0.610. The quantitative estimate of drug-likeness (QED) is 0.434. The van der Waals surface area contributed by atoms with E-state index in [1.165, 1.54) is 0 Å². The van der Waals surface area contributed by atoms with Crippen LogP contribution >= 0.6 is 0 Å². The van der Waals surface area contributed by atoms with Crippen LogP contribution in [0.25, 0.3) is 0 Å². The van der Waals surface area contributed by atoms with Crippen molar-refractivity contribution in [3.05, 3.63) is 0 Å². The van der Waals surface area contributed by atoms with Crippen molar-refractivity contribution in [2.24, 2.45) is 23.7 Å². The van der Waals surface area contributed by atoms with Crippen LogP contribution in [0.1, 0.15) is 12.8 Å². The number of carbonyl (C=O) groups is 1. The Balaban J connectivity index is 1.79. The van der Waals surface area contributed by atoms with Gasteiger partial charge < -0.3 is 14.6 Å². The highest BCUT2D eigenvalue weighted by Gasteiger charge is 2.69. The van der Waals surface area contributed by atoms with Crippen LogP contribution in [0.3, 0.4) is 0 Å². The molecule has 2 aliphatic heterocycles. The normalized spacial score (nSPS) is 63.2. The maximum Gasteiger partial charge on any atom is 0.312 e. The van der Waals surface area contributed by atoms with E-state index < -0.39 is 6.29 Å². The van der Waals surface area contributed by atoms with E-state index in [0.29, 0.717) is 24.0 Å². The zero-order valence-corrected chi connectivity index (χ0v) is 7.63. The Morgan fingerprint density at radius 2 is 1.93 bits per heavy atom. The van der Waals surface area contributed by atoms with Crippen molar-refractivity contribution >= 4 is 5.97 Å². The smallest absolute Gasteiger partial charge is 0.312 e. The van der Waals surface area contributed by atoms with Gasteiger partial charge in [0.2, 0.25) is 6.29 Å². The van der Waals surface area contributed by atoms with Crippen molar-refractivity contribution in [3.8, 4) is 0 Å². The molecule has 0 amide bonds. The molecule has 3 saturated carbocycles. The molecule has 2 saturated heterocycles. The van der Waals surface area contributed by atoms with Crippen LogP contribution in [0.4, 0.5) is 0 Å². The monoisotopic (exact) mass is 196 g/mol. The van der Waals surface area contributed by atoms with E-state index in [9.17, 15) is 9.90 Å². The third-order valence-electron chi connectivity index (χ3n) is 4.45. The molecule has 2 heterocycles. The second kappa shape index (κ2) is 2.14. The Labute approximate surface area is 81.2 Å². The zero-order valence-electron chi connectivity index (χ0n) is 7.63. The van der Waals surface area contributed by atoms with Gasteiger partial charge in [-0.05, 0) is 18.8 Å². The lowest BCUT2D eigenvalue weighted by Gasteiger charge is -2.40. The lowest BCUT2D eigenvalue weighted by atomic mass is 9.59. The number of epoxide rings is 1. The summed E-state index contributed by atoms with van der Waals surface area (Å²) >= 11 is 0. The molecule has 2 bridgehead atoms. The summed E-state index contributed by atoms with van der Waals surface area (Å²) in [6.45, 7) is 0. The Kier molecular flexibility index (Phi) is 1.17. The SMILES string of the molecule is O=C1OC(O)C2C3CCC(C4OC34)C12. The van der Waals surface area contributed by atoms with Crippen molar-refractivity contribution in [2.75, 3.05) is 0 Å². The Morgan fingerprint density at radius 3 is 2.79 bits per heavy atom. The summed E-state index contributed by atoms with van der Waals surface area (Å²) in [6.07, 6.45) is 1.90. The van der Waals surface area contributed by atoms with E-state index in [4.69, 9.17) is 9.47 Å². The number of cyclic esters (lactones) is 1. The van der Waals surface area contributed by atoms with Crippen molar-refractivity contribution in [1.29, 1.82) is 0 Å². The summed E-state index contributed by atoms with van der Waals surface area (Å²) in [5.41, 5.74) is 0. The predicted octanol–water partition coefficient (Wildman–Crippen LogP) is -0.0988. The van der Waals surface area contributed by atoms with Crippen LogP contribution in [0, 0.1) is 23.7 Å². The second-order valence-corrected chi connectivity index (χ2v) is 4.90. The molecule has 1 N–H and O–H groups in total. The van der Waals surface area contributed by atoms with Gasteiger partial charge in [0.05, 0.1) is 18.1 Å². The van der Waals surface area contributed by atoms with Gasteiger partial charge in [0.25, 0.3) is 0 Å². The van der Waals surface area contributed by atoms with Gasteiger partial charge >= 0.3 is 5.97 Å². The maximum absolute atomic E-state index is 11.5. The highest BCUT2D eigenvalue weighted by Crippen LogP contribution is 2.60. The van der Waals surface area contributed by atoms with Gasteiger partial charge in [-0.3, -0.25) is 4.79 Å². The molecule has 0 aromatic rings. The number of rotatable bonds is 0. The van der Waals surface area contributed by atoms with E-state index in [1.807, 2.05) is 0 Å². The van der Waals surface area contributed by atoms with E-state index >= 15 is 0 Å². The highest BCUT2D eigenvalue weighted by atomic mass is 16.6. The molecule has 0 radical (unpaired) electrons. The van der Waals surface area contributed by atoms with Crippen molar-refractivity contribution in [1.82, 2.24) is 0 Å². The summed E-state index contributed by atoms with van der Waals surface area (Å²) in [6, 6.07) is 0. The average Bonchev–Trinajstić information content (AvgIpc) is 2.92. The third-order valence-corrected chi connectivity index (χ3v) is 4.45. The fourth-order valence-corrected chi connectivity index (χ4v) is 3.88. The summed E-state index contributed by atoms with van der Waals surface area (Å²) < 4.78 is 10.5. The molecule has 4 heteroatoms. The van der Waals surface area contributed by atoms with Crippen LogP contribution in [0.5, 0.6) is 0 Å². The number of hydrogen-bond donors (Lipinski definition) is 1. The van der Waals surface area contributed by atoms with Crippen molar-refractivity contribution < 1.29 is 19.4 Å². The molecule has 5 fully saturated rings. The molecule has 0 aromatic carbocycles. The largest absolute Gasteiger partial charge is 0.435 e. The molecule has 14 heavy (non-hydrogen) atoms. The highest BCUT2D eigenvalue weighted by molar-refractivity contribution is 5.76. The van der Waals surface area contributed by atoms with Gasteiger partial charge in [0.1, 0.15) is 0 Å². The van der Waals surface area contributed by atoms with E-state index in [2.05, 4.69) is 0 Å². The predicted molar refractivity (Wildman–Crippen MR) is 44.0 cm³/mol. The third kappa shape index (κ3) is 0.684.